The van der Waals surface area contributed by atoms with Crippen molar-refractivity contribution in [2.75, 3.05) is 45.3 Å². The number of benzene rings is 1. The summed E-state index contributed by atoms with van der Waals surface area (Å²) in [5.74, 6) is -1.47. The number of esters is 1. The molecule has 5 unspecified atom stereocenters. The van der Waals surface area contributed by atoms with Crippen LogP contribution in [0.4, 0.5) is 20.1 Å². The minimum Gasteiger partial charge on any atom is -0.460 e. The number of carbonyl (C=O) groups excluding carboxylic acids is 8. The van der Waals surface area contributed by atoms with Crippen LogP contribution in [0.5, 0.6) is 0 Å². The molecule has 666 valence electrons. The van der Waals surface area contributed by atoms with Crippen LogP contribution in [0.25, 0.3) is 10.4 Å². The molecule has 0 radical (unpaired) electrons. The van der Waals surface area contributed by atoms with Crippen molar-refractivity contribution < 1.29 is 87.6 Å². The molecule has 13 atom stereocenters. The number of unbranched alkanes of at least 4 members (excludes halogenated alkanes) is 28. The van der Waals surface area contributed by atoms with Gasteiger partial charge in [0.2, 0.25) is 11.8 Å². The molecular formula is C87H150N12O18. The number of nitrogens with two attached hydrogens (primary N) is 1. The van der Waals surface area contributed by atoms with Crippen LogP contribution in [-0.2, 0) is 73.7 Å². The van der Waals surface area contributed by atoms with Crippen molar-refractivity contribution in [3.63, 3.8) is 0 Å². The molecule has 30 heteroatoms. The Hall–Kier alpha value is -7.05. The summed E-state index contributed by atoms with van der Waals surface area (Å²) in [5.41, 5.74) is 16.1. The number of anilines is 1. The van der Waals surface area contributed by atoms with Crippen LogP contribution in [0.15, 0.2) is 29.4 Å². The number of amides is 6. The molecular weight excluding hydrogens is 1500 g/mol. The molecule has 1 saturated carbocycles. The third-order valence-electron chi connectivity index (χ3n) is 23.0. The minimum absolute atomic E-state index is 0.0135. The summed E-state index contributed by atoms with van der Waals surface area (Å²) < 4.78 is 31.1. The molecule has 5 rings (SSSR count). The Morgan fingerprint density at radius 1 is 0.675 bits per heavy atom. The Bertz CT molecular complexity index is 3140. The first-order valence-corrected chi connectivity index (χ1v) is 44.9. The summed E-state index contributed by atoms with van der Waals surface area (Å²) in [4.78, 5) is 106. The van der Waals surface area contributed by atoms with Crippen LogP contribution >= 0.6 is 0 Å². The first kappa shape index (κ1) is 102. The third-order valence-corrected chi connectivity index (χ3v) is 23.0. The lowest BCUT2D eigenvalue weighted by molar-refractivity contribution is -0.303. The second-order valence-electron chi connectivity index (χ2n) is 32.8. The molecule has 2 fully saturated rings. The molecule has 6 amide bonds. The number of primary amides is 1. The largest absolute Gasteiger partial charge is 0.460 e. The normalized spacial score (nSPS) is 19.4. The van der Waals surface area contributed by atoms with Gasteiger partial charge in [-0.3, -0.25) is 24.0 Å². The number of ketones is 2. The molecule has 117 heavy (non-hydrogen) atoms. The van der Waals surface area contributed by atoms with E-state index in [0.29, 0.717) is 81.1 Å². The van der Waals surface area contributed by atoms with Gasteiger partial charge in [-0.05, 0) is 124 Å². The summed E-state index contributed by atoms with van der Waals surface area (Å²) in [6, 6.07) is 3.35. The van der Waals surface area contributed by atoms with E-state index < -0.39 is 104 Å². The van der Waals surface area contributed by atoms with E-state index in [1.807, 2.05) is 11.6 Å². The van der Waals surface area contributed by atoms with Crippen LogP contribution in [0.2, 0.25) is 0 Å². The number of rotatable bonds is 64. The van der Waals surface area contributed by atoms with E-state index in [1.165, 1.54) is 122 Å². The van der Waals surface area contributed by atoms with E-state index in [0.717, 1.165) is 101 Å². The number of aliphatic hydroxyl groups is 5. The van der Waals surface area contributed by atoms with Gasteiger partial charge in [0, 0.05) is 75.3 Å². The average molecular weight is 1650 g/mol. The van der Waals surface area contributed by atoms with Gasteiger partial charge < -0.3 is 81.5 Å². The number of fused-ring (bicyclic) bond motifs is 2. The second kappa shape index (κ2) is 62.1. The number of hydrogen-bond acceptors (Lipinski definition) is 21. The van der Waals surface area contributed by atoms with Gasteiger partial charge in [-0.1, -0.05) is 230 Å². The summed E-state index contributed by atoms with van der Waals surface area (Å²) in [7, 11) is 1.63. The van der Waals surface area contributed by atoms with E-state index in [4.69, 9.17) is 34.9 Å². The van der Waals surface area contributed by atoms with Gasteiger partial charge in [-0.25, -0.2) is 19.1 Å². The molecule has 1 aromatic heterocycles. The molecule has 1 aromatic carbocycles. The number of aliphatic hydroxyl groups excluding tert-OH is 5. The second-order valence-corrected chi connectivity index (χ2v) is 32.8. The molecule has 1 saturated heterocycles. The van der Waals surface area contributed by atoms with Crippen molar-refractivity contribution in [3.05, 3.63) is 51.7 Å². The maximum absolute atomic E-state index is 14.2. The molecule has 0 spiro atoms. The van der Waals surface area contributed by atoms with Gasteiger partial charge in [0.1, 0.15) is 49.0 Å². The monoisotopic (exact) mass is 1650 g/mol. The third kappa shape index (κ3) is 43.1. The Kier molecular flexibility index (Phi) is 54.3. The zero-order valence-electron chi connectivity index (χ0n) is 71.8. The van der Waals surface area contributed by atoms with E-state index >= 15 is 0 Å². The van der Waals surface area contributed by atoms with E-state index in [1.54, 1.807) is 45.2 Å². The van der Waals surface area contributed by atoms with Crippen molar-refractivity contribution in [3.8, 4) is 0 Å². The first-order valence-electron chi connectivity index (χ1n) is 44.9. The number of hydrogen-bond donors (Lipinski definition) is 11. The fraction of sp³-hybridized carbons (Fsp3) is 0.816. The Labute approximate surface area is 696 Å². The number of nitrogens with one attached hydrogen (secondary N) is 5. The van der Waals surface area contributed by atoms with Gasteiger partial charge in [0.15, 0.2) is 12.1 Å². The topological polar surface area (TPSA) is 449 Å². The molecule has 12 N–H and O–H groups in total. The number of alkyl carbamates (subject to hydrolysis) is 2. The van der Waals surface area contributed by atoms with E-state index in [2.05, 4.69) is 60.8 Å². The van der Waals surface area contributed by atoms with Gasteiger partial charge in [-0.2, -0.15) is 0 Å². The smallest absolute Gasteiger partial charge is 0.407 e. The molecule has 1 aliphatic heterocycles. The molecule has 30 nitrogen and oxygen atoms in total. The van der Waals surface area contributed by atoms with Gasteiger partial charge in [0.25, 0.3) is 0 Å². The fourth-order valence-electron chi connectivity index (χ4n) is 15.6. The van der Waals surface area contributed by atoms with Crippen molar-refractivity contribution in [1.82, 2.24) is 36.3 Å². The number of aryl methyl sites for hydroxylation is 2. The number of urea groups is 1. The lowest BCUT2D eigenvalue weighted by Crippen LogP contribution is -2.60. The summed E-state index contributed by atoms with van der Waals surface area (Å²) >= 11 is 0. The van der Waals surface area contributed by atoms with Gasteiger partial charge in [0.05, 0.1) is 43.3 Å². The highest BCUT2D eigenvalue weighted by Crippen LogP contribution is 2.53. The molecule has 2 aromatic rings. The first-order chi connectivity index (χ1) is 56.6. The Balaban J connectivity index is 0.00000268. The highest BCUT2D eigenvalue weighted by Gasteiger charge is 2.51. The van der Waals surface area contributed by atoms with Crippen molar-refractivity contribution in [2.45, 2.75) is 385 Å². The number of azide groups is 1. The molecule has 2 heterocycles. The summed E-state index contributed by atoms with van der Waals surface area (Å²) in [6.07, 6.45) is 28.9. The van der Waals surface area contributed by atoms with Crippen molar-refractivity contribution in [1.29, 1.82) is 0 Å². The van der Waals surface area contributed by atoms with Crippen molar-refractivity contribution in [2.24, 2.45) is 40.4 Å². The quantitative estimate of drug-likeness (QED) is 0.00731. The SMILES string of the molecule is CCC(=O)CCCN=[N+]=[N-].CCCCCCCCCCCCCCCCCCCC(=O)O[C@H](CCCCCCCCCCCCCC)[C@@H](O)[C@H](CO[C@H]1OC(CO)[C@H](O)[C@H](O)C1O)NC(=O)OCc1ccc(NC(=O)[C@H](CCCNC(N)=O)CC(=O)[C@@H](NC(=O)OCC2C3CCc4nnn(CCCCC(=O)NC)c4CCC32)C(C)C)cc1. The van der Waals surface area contributed by atoms with Gasteiger partial charge in [-0.15, -0.1) is 5.10 Å². The highest BCUT2D eigenvalue weighted by molar-refractivity contribution is 5.97. The lowest BCUT2D eigenvalue weighted by Gasteiger charge is -2.40. The number of carbonyl (C=O) groups is 8. The van der Waals surface area contributed by atoms with E-state index in [9.17, 15) is 63.9 Å². The van der Waals surface area contributed by atoms with Crippen LogP contribution in [0.1, 0.15) is 321 Å². The summed E-state index contributed by atoms with van der Waals surface area (Å²) in [5, 5.41) is 79.9. The average Bonchev–Trinajstić information content (AvgIpc) is 1.61. The Morgan fingerprint density at radius 2 is 1.24 bits per heavy atom. The number of nitrogens with zero attached hydrogens (tertiary/aromatic N) is 6. The summed E-state index contributed by atoms with van der Waals surface area (Å²) in [6.45, 7) is 9.79. The highest BCUT2D eigenvalue weighted by atomic mass is 16.7. The standard InChI is InChI=1S/C81H139N9O17.C6H11N3O/c1-6-8-10-12-14-16-18-20-21-22-23-24-26-28-30-32-34-41-71(94)106-68(39-33-31-29-27-25-19-17-15-13-11-9-7-2)73(95)65(56-103-78-76(98)75(97)74(96)69(53-91)107-78)86-80(101)104-54-58-42-44-60(45-43-58)85-77(99)59(38-37-50-84-79(82)100)52-67(92)72(57(3)4)87-81(102)105-55-63-61-46-48-64-66(49-47-62(61)63)90(89-88-64)51-36-35-40-70(93)83-5;1-2-6(10)4-3-5-8-9-7/h42-45,57,59,61-63,65,68-69,72-76,78,91,95-98H,6-41,46-56H2,1-5H3,(H,83,93)(H,85,99)(H,86,101)(H,87,102)(H3,82,84,100);2-5H2,1H3/t59-,61?,62?,63?,65+,68-,69?,72+,73+,74+,75+,76?,78+;/m1./s1. The lowest BCUT2D eigenvalue weighted by atomic mass is 9.89. The van der Waals surface area contributed by atoms with Crippen LogP contribution in [0.3, 0.4) is 0 Å². The predicted molar refractivity (Wildman–Crippen MR) is 449 cm³/mol. The zero-order valence-corrected chi connectivity index (χ0v) is 71.8. The Morgan fingerprint density at radius 3 is 1.79 bits per heavy atom. The maximum Gasteiger partial charge on any atom is 0.407 e. The van der Waals surface area contributed by atoms with E-state index in [-0.39, 0.29) is 74.8 Å². The van der Waals surface area contributed by atoms with Gasteiger partial charge >= 0.3 is 24.2 Å². The van der Waals surface area contributed by atoms with Crippen molar-refractivity contribution >= 4 is 53.3 Å². The van der Waals surface area contributed by atoms with Crippen LogP contribution in [0, 0.1) is 29.6 Å². The molecule has 3 aliphatic rings. The molecule has 0 bridgehead atoms. The fourth-order valence-corrected chi connectivity index (χ4v) is 15.6. The van der Waals surface area contributed by atoms with Crippen LogP contribution in [-0.4, -0.2) is 183 Å². The maximum atomic E-state index is 14.2. The minimum atomic E-state index is -1.78. The van der Waals surface area contributed by atoms with Crippen LogP contribution < -0.4 is 32.3 Å². The predicted octanol–water partition coefficient (Wildman–Crippen LogP) is 14.2. The number of Topliss-reactive ketones (excluding diaryl/α,β-unsaturated/α-hetero) is 2. The molecule has 2 aliphatic carbocycles. The zero-order chi connectivity index (χ0) is 85.4. The number of aromatic nitrogens is 3. The number of ether oxygens (including phenoxy) is 5.